The number of fused-ring (bicyclic) bond motifs is 3. The summed E-state index contributed by atoms with van der Waals surface area (Å²) in [5.74, 6) is -3.24. The van der Waals surface area contributed by atoms with Crippen molar-refractivity contribution in [2.24, 2.45) is 0 Å². The lowest BCUT2D eigenvalue weighted by molar-refractivity contribution is -0.139. The van der Waals surface area contributed by atoms with Gasteiger partial charge in [-0.2, -0.15) is 0 Å². The summed E-state index contributed by atoms with van der Waals surface area (Å²) in [5, 5.41) is 11.8. The van der Waals surface area contributed by atoms with Crippen molar-refractivity contribution in [1.82, 2.24) is 5.32 Å². The zero-order valence-corrected chi connectivity index (χ0v) is 17.8. The van der Waals surface area contributed by atoms with Crippen LogP contribution in [-0.2, 0) is 16.0 Å². The van der Waals surface area contributed by atoms with Crippen molar-refractivity contribution < 1.29 is 28.2 Å². The number of nitrogens with one attached hydrogen (secondary N) is 1. The van der Waals surface area contributed by atoms with Crippen molar-refractivity contribution in [3.8, 4) is 11.1 Å². The summed E-state index contributed by atoms with van der Waals surface area (Å²) < 4.78 is 32.5. The van der Waals surface area contributed by atoms with Gasteiger partial charge in [-0.1, -0.05) is 60.7 Å². The van der Waals surface area contributed by atoms with Gasteiger partial charge in [0.05, 0.1) is 0 Å². The molecule has 33 heavy (non-hydrogen) atoms. The van der Waals surface area contributed by atoms with Gasteiger partial charge in [0.2, 0.25) is 0 Å². The molecular formula is C26H23F2NO4. The summed E-state index contributed by atoms with van der Waals surface area (Å²) in [6, 6.07) is 18.5. The number of ether oxygens (including phenoxy) is 1. The number of hydrogen-bond acceptors (Lipinski definition) is 3. The summed E-state index contributed by atoms with van der Waals surface area (Å²) >= 11 is 0. The summed E-state index contributed by atoms with van der Waals surface area (Å²) in [4.78, 5) is 23.9. The average Bonchev–Trinajstić information content (AvgIpc) is 3.13. The third-order valence-corrected chi connectivity index (χ3v) is 5.90. The van der Waals surface area contributed by atoms with Gasteiger partial charge >= 0.3 is 12.1 Å². The lowest BCUT2D eigenvalue weighted by Crippen LogP contribution is -2.41. The molecule has 2 N–H and O–H groups in total. The predicted molar refractivity (Wildman–Crippen MR) is 119 cm³/mol. The van der Waals surface area contributed by atoms with E-state index in [1.807, 2.05) is 48.5 Å². The lowest BCUT2D eigenvalue weighted by Gasteiger charge is -2.17. The number of carboxylic acid groups (broad SMARTS) is 1. The number of alkyl carbamates (subject to hydrolysis) is 1. The Morgan fingerprint density at radius 2 is 1.58 bits per heavy atom. The molecule has 0 radical (unpaired) electrons. The quantitative estimate of drug-likeness (QED) is 0.489. The predicted octanol–water partition coefficient (Wildman–Crippen LogP) is 5.28. The third kappa shape index (κ3) is 4.87. The topological polar surface area (TPSA) is 75.6 Å². The van der Waals surface area contributed by atoms with Crippen molar-refractivity contribution in [2.45, 2.75) is 31.2 Å². The summed E-state index contributed by atoms with van der Waals surface area (Å²) in [6.07, 6.45) is -0.378. The van der Waals surface area contributed by atoms with Gasteiger partial charge in [0.1, 0.15) is 12.6 Å². The number of carboxylic acids is 1. The molecule has 0 unspecified atom stereocenters. The molecule has 4 rings (SSSR count). The molecule has 1 aliphatic rings. The van der Waals surface area contributed by atoms with Crippen LogP contribution in [0.4, 0.5) is 13.6 Å². The monoisotopic (exact) mass is 451 g/mol. The standard InChI is InChI=1S/C26H23F2NO4/c27-22-13-5-7-16(24(22)28)8-6-14-23(25(30)31)29-26(32)33-15-21-19-11-3-1-9-17(19)18-10-2-4-12-20(18)21/h1-5,7,9-13,21,23H,6,8,14-15H2,(H,29,32)(H,30,31)/t23-/m0/s1. The minimum absolute atomic E-state index is 0.0511. The van der Waals surface area contributed by atoms with Gasteiger partial charge in [0, 0.05) is 5.92 Å². The SMILES string of the molecule is O=C(N[C@@H](CCCc1cccc(F)c1F)C(=O)O)OCC1c2ccccc2-c2ccccc21. The van der Waals surface area contributed by atoms with Gasteiger partial charge in [-0.05, 0) is 53.1 Å². The van der Waals surface area contributed by atoms with E-state index >= 15 is 0 Å². The average molecular weight is 451 g/mol. The van der Waals surface area contributed by atoms with Crippen LogP contribution in [0.3, 0.4) is 0 Å². The Morgan fingerprint density at radius 3 is 2.21 bits per heavy atom. The molecule has 0 spiro atoms. The van der Waals surface area contributed by atoms with Gasteiger partial charge in [-0.3, -0.25) is 0 Å². The number of halogens is 2. The van der Waals surface area contributed by atoms with Crippen LogP contribution in [0.1, 0.15) is 35.4 Å². The number of rotatable bonds is 8. The van der Waals surface area contributed by atoms with Crippen LogP contribution in [0.2, 0.25) is 0 Å². The number of hydrogen-bond donors (Lipinski definition) is 2. The molecule has 0 aromatic heterocycles. The smallest absolute Gasteiger partial charge is 0.407 e. The van der Waals surface area contributed by atoms with E-state index in [-0.39, 0.29) is 37.4 Å². The Bertz CT molecular complexity index is 1130. The van der Waals surface area contributed by atoms with Crippen molar-refractivity contribution in [2.75, 3.05) is 6.61 Å². The molecule has 0 heterocycles. The first kappa shape index (κ1) is 22.5. The highest BCUT2D eigenvalue weighted by molar-refractivity contribution is 5.81. The van der Waals surface area contributed by atoms with E-state index in [0.717, 1.165) is 28.3 Å². The van der Waals surface area contributed by atoms with Crippen LogP contribution >= 0.6 is 0 Å². The molecule has 1 amide bonds. The first-order chi connectivity index (χ1) is 16.0. The van der Waals surface area contributed by atoms with E-state index in [1.54, 1.807) is 0 Å². The number of carbonyl (C=O) groups excluding carboxylic acids is 1. The number of aryl methyl sites for hydroxylation is 1. The molecule has 0 saturated carbocycles. The van der Waals surface area contributed by atoms with Crippen molar-refractivity contribution in [3.05, 3.63) is 95.1 Å². The highest BCUT2D eigenvalue weighted by atomic mass is 19.2. The molecule has 5 nitrogen and oxygen atoms in total. The lowest BCUT2D eigenvalue weighted by atomic mass is 9.98. The first-order valence-corrected chi connectivity index (χ1v) is 10.7. The maximum absolute atomic E-state index is 13.8. The fourth-order valence-electron chi connectivity index (χ4n) is 4.28. The van der Waals surface area contributed by atoms with Crippen LogP contribution in [0.15, 0.2) is 66.7 Å². The minimum Gasteiger partial charge on any atom is -0.480 e. The highest BCUT2D eigenvalue weighted by Crippen LogP contribution is 2.44. The van der Waals surface area contributed by atoms with E-state index in [2.05, 4.69) is 5.32 Å². The molecule has 1 aliphatic carbocycles. The van der Waals surface area contributed by atoms with Gasteiger partial charge in [-0.25, -0.2) is 18.4 Å². The molecule has 0 fully saturated rings. The Kier molecular flexibility index (Phi) is 6.68. The maximum Gasteiger partial charge on any atom is 0.407 e. The van der Waals surface area contributed by atoms with Crippen molar-refractivity contribution >= 4 is 12.1 Å². The number of aliphatic carboxylic acids is 1. The molecule has 170 valence electrons. The molecule has 0 saturated heterocycles. The normalized spacial score (nSPS) is 13.2. The first-order valence-electron chi connectivity index (χ1n) is 10.7. The van der Waals surface area contributed by atoms with E-state index in [9.17, 15) is 23.5 Å². The number of carbonyl (C=O) groups is 2. The van der Waals surface area contributed by atoms with Crippen LogP contribution < -0.4 is 5.32 Å². The Balaban J connectivity index is 1.34. The number of amides is 1. The van der Waals surface area contributed by atoms with E-state index in [1.165, 1.54) is 12.1 Å². The molecule has 3 aromatic carbocycles. The van der Waals surface area contributed by atoms with Gasteiger partial charge in [-0.15, -0.1) is 0 Å². The fourth-order valence-corrected chi connectivity index (χ4v) is 4.28. The molecule has 3 aromatic rings. The Morgan fingerprint density at radius 1 is 0.939 bits per heavy atom. The fraction of sp³-hybridized carbons (Fsp3) is 0.231. The number of benzene rings is 3. The summed E-state index contributed by atoms with van der Waals surface area (Å²) in [7, 11) is 0. The summed E-state index contributed by atoms with van der Waals surface area (Å²) in [6.45, 7) is 0.0701. The van der Waals surface area contributed by atoms with Gasteiger partial charge in [0.15, 0.2) is 11.6 Å². The van der Waals surface area contributed by atoms with Crippen LogP contribution in [0.25, 0.3) is 11.1 Å². The van der Waals surface area contributed by atoms with Crippen molar-refractivity contribution in [1.29, 1.82) is 0 Å². The van der Waals surface area contributed by atoms with E-state index in [0.29, 0.717) is 0 Å². The second-order valence-corrected chi connectivity index (χ2v) is 7.97. The maximum atomic E-state index is 13.8. The highest BCUT2D eigenvalue weighted by Gasteiger charge is 2.29. The van der Waals surface area contributed by atoms with Crippen LogP contribution in [0, 0.1) is 11.6 Å². The second-order valence-electron chi connectivity index (χ2n) is 7.97. The van der Waals surface area contributed by atoms with Crippen molar-refractivity contribution in [3.63, 3.8) is 0 Å². The summed E-state index contributed by atoms with van der Waals surface area (Å²) in [5.41, 5.74) is 4.46. The van der Waals surface area contributed by atoms with Crippen LogP contribution in [0.5, 0.6) is 0 Å². The molecule has 1 atom stereocenters. The molecular weight excluding hydrogens is 428 g/mol. The largest absolute Gasteiger partial charge is 0.480 e. The second kappa shape index (κ2) is 9.81. The van der Waals surface area contributed by atoms with E-state index in [4.69, 9.17) is 4.74 Å². The van der Waals surface area contributed by atoms with Crippen LogP contribution in [-0.4, -0.2) is 29.8 Å². The van der Waals surface area contributed by atoms with Gasteiger partial charge < -0.3 is 15.2 Å². The Hall–Kier alpha value is -3.74. The zero-order chi connectivity index (χ0) is 23.4. The molecule has 0 aliphatic heterocycles. The molecule has 0 bridgehead atoms. The third-order valence-electron chi connectivity index (χ3n) is 5.90. The molecule has 7 heteroatoms. The Labute approximate surface area is 190 Å². The van der Waals surface area contributed by atoms with E-state index < -0.39 is 29.7 Å². The van der Waals surface area contributed by atoms with Gasteiger partial charge in [0.25, 0.3) is 0 Å². The minimum atomic E-state index is -1.22. The zero-order valence-electron chi connectivity index (χ0n) is 17.8.